The molecule has 0 spiro atoms. The third kappa shape index (κ3) is 5.05. The van der Waals surface area contributed by atoms with Crippen molar-refractivity contribution < 1.29 is 9.53 Å². The monoisotopic (exact) mass is 290 g/mol. The van der Waals surface area contributed by atoms with Gasteiger partial charge in [-0.05, 0) is 42.9 Å². The van der Waals surface area contributed by atoms with Crippen LogP contribution in [0.2, 0.25) is 0 Å². The van der Waals surface area contributed by atoms with Crippen molar-refractivity contribution in [2.45, 2.75) is 38.6 Å². The van der Waals surface area contributed by atoms with E-state index >= 15 is 0 Å². The molecule has 1 aromatic rings. The lowest BCUT2D eigenvalue weighted by Crippen LogP contribution is -2.30. The Balaban J connectivity index is 1.83. The highest BCUT2D eigenvalue weighted by Gasteiger charge is 2.31. The molecule has 2 N–H and O–H groups in total. The van der Waals surface area contributed by atoms with Gasteiger partial charge in [-0.15, -0.1) is 0 Å². The van der Waals surface area contributed by atoms with Crippen LogP contribution in [0, 0.1) is 5.92 Å². The largest absolute Gasteiger partial charge is 0.497 e. The minimum Gasteiger partial charge on any atom is -0.497 e. The molecule has 0 radical (unpaired) electrons. The highest BCUT2D eigenvalue weighted by Crippen LogP contribution is 2.41. The molecule has 0 aromatic heterocycles. The molecule has 1 aromatic carbocycles. The summed E-state index contributed by atoms with van der Waals surface area (Å²) in [5.74, 6) is 1.72. The Hall–Kier alpha value is -1.55. The van der Waals surface area contributed by atoms with Gasteiger partial charge in [-0.1, -0.05) is 19.1 Å². The van der Waals surface area contributed by atoms with Crippen molar-refractivity contribution in [3.8, 4) is 5.75 Å². The van der Waals surface area contributed by atoms with E-state index in [0.29, 0.717) is 18.4 Å². The number of hydrogen-bond acceptors (Lipinski definition) is 3. The average Bonchev–Trinajstić information content (AvgIpc) is 3.34. The average molecular weight is 290 g/mol. The van der Waals surface area contributed by atoms with E-state index in [1.807, 2.05) is 12.1 Å². The maximum absolute atomic E-state index is 11.6. The zero-order chi connectivity index (χ0) is 15.1. The van der Waals surface area contributed by atoms with Crippen LogP contribution in [0.15, 0.2) is 24.3 Å². The molecule has 1 amide bonds. The van der Waals surface area contributed by atoms with E-state index in [0.717, 1.165) is 25.3 Å². The number of rotatable bonds is 9. The van der Waals surface area contributed by atoms with Gasteiger partial charge in [0.2, 0.25) is 5.91 Å². The second-order valence-corrected chi connectivity index (χ2v) is 5.64. The van der Waals surface area contributed by atoms with Crippen LogP contribution in [-0.2, 0) is 4.79 Å². The minimum atomic E-state index is 0.133. The smallest absolute Gasteiger partial charge is 0.221 e. The first-order chi connectivity index (χ1) is 10.2. The second-order valence-electron chi connectivity index (χ2n) is 5.64. The fraction of sp³-hybridized carbons (Fsp3) is 0.588. The highest BCUT2D eigenvalue weighted by molar-refractivity contribution is 5.75. The number of carbonyl (C=O) groups excluding carboxylic acids is 1. The van der Waals surface area contributed by atoms with Gasteiger partial charge in [0.1, 0.15) is 5.75 Å². The van der Waals surface area contributed by atoms with E-state index in [9.17, 15) is 4.79 Å². The van der Waals surface area contributed by atoms with Gasteiger partial charge in [-0.2, -0.15) is 0 Å². The maximum Gasteiger partial charge on any atom is 0.221 e. The van der Waals surface area contributed by atoms with Crippen LogP contribution in [0.5, 0.6) is 5.75 Å². The molecule has 0 bridgehead atoms. The highest BCUT2D eigenvalue weighted by atomic mass is 16.5. The molecule has 0 saturated heterocycles. The van der Waals surface area contributed by atoms with Crippen molar-refractivity contribution >= 4 is 5.91 Å². The van der Waals surface area contributed by atoms with Gasteiger partial charge < -0.3 is 15.4 Å². The van der Waals surface area contributed by atoms with Gasteiger partial charge in [0.25, 0.3) is 0 Å². The maximum atomic E-state index is 11.6. The molecule has 21 heavy (non-hydrogen) atoms. The van der Waals surface area contributed by atoms with Crippen LogP contribution in [0.4, 0.5) is 0 Å². The molecule has 4 heteroatoms. The van der Waals surface area contributed by atoms with E-state index in [1.54, 1.807) is 7.11 Å². The molecular weight excluding hydrogens is 264 g/mol. The lowest BCUT2D eigenvalue weighted by Gasteiger charge is -2.19. The van der Waals surface area contributed by atoms with Gasteiger partial charge in [0, 0.05) is 25.6 Å². The fourth-order valence-corrected chi connectivity index (χ4v) is 2.49. The van der Waals surface area contributed by atoms with Crippen molar-refractivity contribution in [2.75, 3.05) is 20.2 Å². The first kappa shape index (κ1) is 15.8. The Labute approximate surface area is 127 Å². The van der Waals surface area contributed by atoms with Gasteiger partial charge >= 0.3 is 0 Å². The molecule has 1 aliphatic rings. The van der Waals surface area contributed by atoms with Crippen LogP contribution < -0.4 is 15.4 Å². The lowest BCUT2D eigenvalue weighted by atomic mass is 10.0. The number of hydrogen-bond donors (Lipinski definition) is 2. The molecule has 1 saturated carbocycles. The first-order valence-electron chi connectivity index (χ1n) is 7.88. The number of benzene rings is 1. The zero-order valence-corrected chi connectivity index (χ0v) is 13.0. The summed E-state index contributed by atoms with van der Waals surface area (Å²) < 4.78 is 5.20. The molecule has 1 atom stereocenters. The van der Waals surface area contributed by atoms with E-state index in [4.69, 9.17) is 4.74 Å². The van der Waals surface area contributed by atoms with Gasteiger partial charge in [-0.3, -0.25) is 4.79 Å². The predicted molar refractivity (Wildman–Crippen MR) is 84.4 cm³/mol. The van der Waals surface area contributed by atoms with Gasteiger partial charge in [0.05, 0.1) is 7.11 Å². The molecular formula is C17H26N2O2. The standard InChI is InChI=1S/C17H26N2O2/c1-3-11-18-16(20)10-12-19-17(13-4-5-13)14-6-8-15(21-2)9-7-14/h6-9,13,17,19H,3-5,10-12H2,1-2H3,(H,18,20). The third-order valence-electron chi connectivity index (χ3n) is 3.86. The van der Waals surface area contributed by atoms with E-state index in [-0.39, 0.29) is 5.91 Å². The van der Waals surface area contributed by atoms with E-state index in [1.165, 1.54) is 18.4 Å². The van der Waals surface area contributed by atoms with Crippen LogP contribution in [0.3, 0.4) is 0 Å². The second kappa shape index (κ2) is 8.03. The summed E-state index contributed by atoms with van der Waals surface area (Å²) in [7, 11) is 1.68. The van der Waals surface area contributed by atoms with Crippen molar-refractivity contribution in [1.82, 2.24) is 10.6 Å². The Kier molecular flexibility index (Phi) is 6.05. The Bertz CT molecular complexity index is 441. The Morgan fingerprint density at radius 1 is 1.29 bits per heavy atom. The molecule has 1 fully saturated rings. The number of nitrogens with one attached hydrogen (secondary N) is 2. The molecule has 116 valence electrons. The Morgan fingerprint density at radius 3 is 2.57 bits per heavy atom. The molecule has 1 aliphatic carbocycles. The summed E-state index contributed by atoms with van der Waals surface area (Å²) in [6, 6.07) is 8.59. The molecule has 1 unspecified atom stereocenters. The van der Waals surface area contributed by atoms with Crippen molar-refractivity contribution in [3.63, 3.8) is 0 Å². The van der Waals surface area contributed by atoms with Crippen LogP contribution >= 0.6 is 0 Å². The van der Waals surface area contributed by atoms with E-state index in [2.05, 4.69) is 29.7 Å². The molecule has 0 aliphatic heterocycles. The summed E-state index contributed by atoms with van der Waals surface area (Å²) in [6.07, 6.45) is 4.06. The molecule has 2 rings (SSSR count). The number of ether oxygens (including phenoxy) is 1. The van der Waals surface area contributed by atoms with Crippen LogP contribution in [0.1, 0.15) is 44.2 Å². The number of methoxy groups -OCH3 is 1. The third-order valence-corrected chi connectivity index (χ3v) is 3.86. The van der Waals surface area contributed by atoms with Crippen LogP contribution in [0.25, 0.3) is 0 Å². The normalized spacial score (nSPS) is 15.5. The van der Waals surface area contributed by atoms with Crippen molar-refractivity contribution in [2.24, 2.45) is 5.92 Å². The minimum absolute atomic E-state index is 0.133. The van der Waals surface area contributed by atoms with Crippen molar-refractivity contribution in [3.05, 3.63) is 29.8 Å². The van der Waals surface area contributed by atoms with Crippen LogP contribution in [-0.4, -0.2) is 26.1 Å². The number of amides is 1. The quantitative estimate of drug-likeness (QED) is 0.735. The fourth-order valence-electron chi connectivity index (χ4n) is 2.49. The summed E-state index contributed by atoms with van der Waals surface area (Å²) in [5, 5.41) is 6.45. The summed E-state index contributed by atoms with van der Waals surface area (Å²) in [4.78, 5) is 11.6. The first-order valence-corrected chi connectivity index (χ1v) is 7.88. The lowest BCUT2D eigenvalue weighted by molar-refractivity contribution is -0.121. The van der Waals surface area contributed by atoms with Gasteiger partial charge in [-0.25, -0.2) is 0 Å². The molecule has 0 heterocycles. The zero-order valence-electron chi connectivity index (χ0n) is 13.0. The number of carbonyl (C=O) groups is 1. The summed E-state index contributed by atoms with van der Waals surface area (Å²) >= 11 is 0. The van der Waals surface area contributed by atoms with Crippen molar-refractivity contribution in [1.29, 1.82) is 0 Å². The van der Waals surface area contributed by atoms with E-state index < -0.39 is 0 Å². The summed E-state index contributed by atoms with van der Waals surface area (Å²) in [5.41, 5.74) is 1.28. The van der Waals surface area contributed by atoms with Gasteiger partial charge in [0.15, 0.2) is 0 Å². The predicted octanol–water partition coefficient (Wildman–Crippen LogP) is 2.65. The SMILES string of the molecule is CCCNC(=O)CCNC(c1ccc(OC)cc1)C1CC1. The summed E-state index contributed by atoms with van der Waals surface area (Å²) in [6.45, 7) is 3.55. The molecule has 4 nitrogen and oxygen atoms in total. The topological polar surface area (TPSA) is 50.4 Å². The Morgan fingerprint density at radius 2 is 2.00 bits per heavy atom.